The summed E-state index contributed by atoms with van der Waals surface area (Å²) < 4.78 is 4.50. The van der Waals surface area contributed by atoms with Crippen LogP contribution in [0.25, 0.3) is 11.1 Å². The van der Waals surface area contributed by atoms with E-state index in [-0.39, 0.29) is 5.91 Å². The minimum absolute atomic E-state index is 0.138. The normalized spacial score (nSPS) is 10.3. The largest absolute Gasteiger partial charge is 0.466 e. The summed E-state index contributed by atoms with van der Waals surface area (Å²) >= 11 is 0. The zero-order valence-electron chi connectivity index (χ0n) is 14.1. The van der Waals surface area contributed by atoms with Gasteiger partial charge in [-0.3, -0.25) is 4.79 Å². The summed E-state index contributed by atoms with van der Waals surface area (Å²) in [5.74, 6) is -0.589. The summed E-state index contributed by atoms with van der Waals surface area (Å²) in [6.07, 6.45) is 2.87. The van der Waals surface area contributed by atoms with E-state index in [9.17, 15) is 9.59 Å². The van der Waals surface area contributed by atoms with E-state index in [0.29, 0.717) is 17.7 Å². The highest BCUT2D eigenvalue weighted by molar-refractivity contribution is 5.94. The van der Waals surface area contributed by atoms with Gasteiger partial charge in [0, 0.05) is 25.2 Å². The molecule has 2 aromatic carbocycles. The Kier molecular flexibility index (Phi) is 6.08. The molecule has 0 fully saturated rings. The fourth-order valence-electron chi connectivity index (χ4n) is 2.22. The lowest BCUT2D eigenvalue weighted by Crippen LogP contribution is -2.26. The predicted octanol–water partition coefficient (Wildman–Crippen LogP) is 3.03. The number of methoxy groups -OCH3 is 1. The molecule has 0 heterocycles. The van der Waals surface area contributed by atoms with Crippen LogP contribution in [-0.2, 0) is 9.53 Å². The average Bonchev–Trinajstić information content (AvgIpc) is 2.67. The summed E-state index contributed by atoms with van der Waals surface area (Å²) in [6, 6.07) is 16.6. The van der Waals surface area contributed by atoms with Crippen LogP contribution >= 0.6 is 0 Å². The maximum absolute atomic E-state index is 12.4. The molecule has 0 radical (unpaired) electrons. The molecule has 0 spiro atoms. The number of ether oxygens (including phenoxy) is 1. The quantitative estimate of drug-likeness (QED) is 0.622. The number of rotatable bonds is 5. The first-order chi connectivity index (χ1) is 12.0. The van der Waals surface area contributed by atoms with Crippen LogP contribution in [0.15, 0.2) is 60.7 Å². The van der Waals surface area contributed by atoms with E-state index in [1.165, 1.54) is 18.1 Å². The second-order valence-corrected chi connectivity index (χ2v) is 5.38. The molecule has 0 aromatic heterocycles. The van der Waals surface area contributed by atoms with Crippen molar-refractivity contribution >= 4 is 11.9 Å². The number of hydrogen-bond acceptors (Lipinski definition) is 4. The first-order valence-corrected chi connectivity index (χ1v) is 7.65. The third-order valence-corrected chi connectivity index (χ3v) is 3.66. The number of esters is 1. The summed E-state index contributed by atoms with van der Waals surface area (Å²) in [7, 11) is 2.97. The van der Waals surface area contributed by atoms with Gasteiger partial charge < -0.3 is 9.64 Å². The fraction of sp³-hybridized carbons (Fsp3) is 0.150. The lowest BCUT2D eigenvalue weighted by atomic mass is 10.0. The van der Waals surface area contributed by atoms with Crippen molar-refractivity contribution in [3.8, 4) is 17.2 Å². The van der Waals surface area contributed by atoms with Gasteiger partial charge in [-0.2, -0.15) is 5.26 Å². The Morgan fingerprint density at radius 3 is 2.16 bits per heavy atom. The highest BCUT2D eigenvalue weighted by Gasteiger charge is 2.10. The standard InChI is InChI=1S/C20H18N2O3/c1-22(13-3-4-19(23)25-2)20(24)18-11-9-17(10-12-18)16-7-5-15(14-21)6-8-16/h3-12H,13H2,1-2H3. The summed E-state index contributed by atoms with van der Waals surface area (Å²) in [4.78, 5) is 24.9. The molecule has 0 atom stereocenters. The number of benzene rings is 2. The summed E-state index contributed by atoms with van der Waals surface area (Å²) in [6.45, 7) is 0.311. The smallest absolute Gasteiger partial charge is 0.330 e. The van der Waals surface area contributed by atoms with E-state index in [1.807, 2.05) is 24.3 Å². The van der Waals surface area contributed by atoms with Gasteiger partial charge >= 0.3 is 5.97 Å². The number of amides is 1. The Labute approximate surface area is 146 Å². The molecule has 0 saturated heterocycles. The number of likely N-dealkylation sites (N-methyl/N-ethyl adjacent to an activating group) is 1. The minimum atomic E-state index is -0.451. The van der Waals surface area contributed by atoms with Crippen molar-refractivity contribution in [1.82, 2.24) is 4.90 Å². The van der Waals surface area contributed by atoms with Crippen LogP contribution in [-0.4, -0.2) is 37.5 Å². The maximum atomic E-state index is 12.4. The van der Waals surface area contributed by atoms with Crippen LogP contribution in [0.2, 0.25) is 0 Å². The lowest BCUT2D eigenvalue weighted by Gasteiger charge is -2.15. The Hall–Kier alpha value is -3.39. The Bertz CT molecular complexity index is 816. The Balaban J connectivity index is 2.05. The molecule has 2 aromatic rings. The molecule has 0 aliphatic heterocycles. The Morgan fingerprint density at radius 1 is 1.08 bits per heavy atom. The van der Waals surface area contributed by atoms with Crippen molar-refractivity contribution in [2.75, 3.05) is 20.7 Å². The van der Waals surface area contributed by atoms with Crippen molar-refractivity contribution < 1.29 is 14.3 Å². The van der Waals surface area contributed by atoms with Crippen LogP contribution in [0.5, 0.6) is 0 Å². The van der Waals surface area contributed by atoms with Crippen molar-refractivity contribution in [3.05, 3.63) is 71.8 Å². The lowest BCUT2D eigenvalue weighted by molar-refractivity contribution is -0.134. The summed E-state index contributed by atoms with van der Waals surface area (Å²) in [5, 5.41) is 8.83. The highest BCUT2D eigenvalue weighted by atomic mass is 16.5. The van der Waals surface area contributed by atoms with Gasteiger partial charge in [0.25, 0.3) is 5.91 Å². The SMILES string of the molecule is COC(=O)C=CCN(C)C(=O)c1ccc(-c2ccc(C#N)cc2)cc1. The molecule has 0 saturated carbocycles. The first-order valence-electron chi connectivity index (χ1n) is 7.65. The van der Waals surface area contributed by atoms with E-state index in [0.717, 1.165) is 11.1 Å². The molecule has 1 amide bonds. The van der Waals surface area contributed by atoms with Crippen LogP contribution in [0, 0.1) is 11.3 Å². The second-order valence-electron chi connectivity index (χ2n) is 5.38. The van der Waals surface area contributed by atoms with Gasteiger partial charge in [0.1, 0.15) is 0 Å². The third kappa shape index (κ3) is 4.79. The molecule has 0 aliphatic rings. The Morgan fingerprint density at radius 2 is 1.64 bits per heavy atom. The molecule has 2 rings (SSSR count). The summed E-state index contributed by atoms with van der Waals surface area (Å²) in [5.41, 5.74) is 3.12. The minimum Gasteiger partial charge on any atom is -0.466 e. The monoisotopic (exact) mass is 334 g/mol. The van der Waals surface area contributed by atoms with Crippen LogP contribution in [0.4, 0.5) is 0 Å². The van der Waals surface area contributed by atoms with Gasteiger partial charge in [0.15, 0.2) is 0 Å². The topological polar surface area (TPSA) is 70.4 Å². The number of carbonyl (C=O) groups is 2. The molecule has 0 N–H and O–H groups in total. The zero-order valence-corrected chi connectivity index (χ0v) is 14.1. The van der Waals surface area contributed by atoms with Gasteiger partial charge in [0.2, 0.25) is 0 Å². The fourth-order valence-corrected chi connectivity index (χ4v) is 2.22. The number of carbonyl (C=O) groups excluding carboxylic acids is 2. The van der Waals surface area contributed by atoms with Gasteiger partial charge in [0.05, 0.1) is 18.7 Å². The highest BCUT2D eigenvalue weighted by Crippen LogP contribution is 2.20. The molecule has 5 heteroatoms. The van der Waals surface area contributed by atoms with Crippen molar-refractivity contribution in [2.24, 2.45) is 0 Å². The maximum Gasteiger partial charge on any atom is 0.330 e. The number of nitrogens with zero attached hydrogens (tertiary/aromatic N) is 2. The van der Waals surface area contributed by atoms with E-state index in [1.54, 1.807) is 37.4 Å². The van der Waals surface area contributed by atoms with Crippen LogP contribution in [0.3, 0.4) is 0 Å². The molecule has 0 bridgehead atoms. The molecule has 0 aliphatic carbocycles. The van der Waals surface area contributed by atoms with E-state index in [2.05, 4.69) is 10.8 Å². The molecule has 5 nitrogen and oxygen atoms in total. The average molecular weight is 334 g/mol. The van der Waals surface area contributed by atoms with E-state index < -0.39 is 5.97 Å². The van der Waals surface area contributed by atoms with Crippen molar-refractivity contribution in [3.63, 3.8) is 0 Å². The van der Waals surface area contributed by atoms with Gasteiger partial charge in [-0.05, 0) is 35.4 Å². The third-order valence-electron chi connectivity index (χ3n) is 3.66. The first kappa shape index (κ1) is 18.0. The van der Waals surface area contributed by atoms with Crippen molar-refractivity contribution in [1.29, 1.82) is 5.26 Å². The molecule has 25 heavy (non-hydrogen) atoms. The molecular weight excluding hydrogens is 316 g/mol. The zero-order chi connectivity index (χ0) is 18.2. The number of nitriles is 1. The molecule has 126 valence electrons. The second kappa shape index (κ2) is 8.46. The van der Waals surface area contributed by atoms with Crippen LogP contribution in [0.1, 0.15) is 15.9 Å². The molecular formula is C20H18N2O3. The molecule has 0 unspecified atom stereocenters. The van der Waals surface area contributed by atoms with Gasteiger partial charge in [-0.1, -0.05) is 30.3 Å². The van der Waals surface area contributed by atoms with E-state index in [4.69, 9.17) is 5.26 Å². The van der Waals surface area contributed by atoms with Gasteiger partial charge in [-0.15, -0.1) is 0 Å². The van der Waals surface area contributed by atoms with Crippen LogP contribution < -0.4 is 0 Å². The van der Waals surface area contributed by atoms with Crippen molar-refractivity contribution in [2.45, 2.75) is 0 Å². The number of hydrogen-bond donors (Lipinski definition) is 0. The van der Waals surface area contributed by atoms with E-state index >= 15 is 0 Å². The van der Waals surface area contributed by atoms with Gasteiger partial charge in [-0.25, -0.2) is 4.79 Å². The predicted molar refractivity (Wildman–Crippen MR) is 94.7 cm³/mol.